The first-order valence-corrected chi connectivity index (χ1v) is 8.00. The molecule has 0 N–H and O–H groups in total. The molecule has 0 atom stereocenters. The van der Waals surface area contributed by atoms with Gasteiger partial charge in [-0.3, -0.25) is 15.1 Å². The molecule has 1 aromatic heterocycles. The summed E-state index contributed by atoms with van der Waals surface area (Å²) in [6.45, 7) is 2.26. The molecule has 3 aromatic rings. The monoisotopic (exact) mass is 352 g/mol. The number of carbonyl (C=O) groups is 1. The van der Waals surface area contributed by atoms with Crippen LogP contribution in [0.5, 0.6) is 5.75 Å². The molecule has 0 spiro atoms. The summed E-state index contributed by atoms with van der Waals surface area (Å²) < 4.78 is 10.7. The third kappa shape index (κ3) is 3.94. The summed E-state index contributed by atoms with van der Waals surface area (Å²) >= 11 is 0. The Morgan fingerprint density at radius 3 is 2.81 bits per heavy atom. The minimum Gasteiger partial charge on any atom is -0.489 e. The van der Waals surface area contributed by atoms with Crippen molar-refractivity contribution in [2.45, 2.75) is 13.5 Å². The lowest BCUT2D eigenvalue weighted by Gasteiger charge is -2.08. The van der Waals surface area contributed by atoms with Crippen molar-refractivity contribution in [3.8, 4) is 5.75 Å². The Morgan fingerprint density at radius 2 is 2.04 bits per heavy atom. The SMILES string of the molecule is CCOC(=O)c1cnc2cc(OCc3cccc([N+](=O)[O-])c3)ccc2c1. The number of carbonyl (C=O) groups excluding carboxylic acids is 1. The van der Waals surface area contributed by atoms with Gasteiger partial charge < -0.3 is 9.47 Å². The van der Waals surface area contributed by atoms with Gasteiger partial charge in [-0.2, -0.15) is 0 Å². The number of aromatic nitrogens is 1. The second-order valence-corrected chi connectivity index (χ2v) is 5.51. The van der Waals surface area contributed by atoms with Crippen molar-refractivity contribution in [1.82, 2.24) is 4.98 Å². The molecule has 0 aliphatic rings. The Labute approximate surface area is 149 Å². The van der Waals surface area contributed by atoms with Gasteiger partial charge in [0.15, 0.2) is 0 Å². The van der Waals surface area contributed by atoms with E-state index >= 15 is 0 Å². The quantitative estimate of drug-likeness (QED) is 0.379. The van der Waals surface area contributed by atoms with Crippen molar-refractivity contribution >= 4 is 22.6 Å². The Balaban J connectivity index is 1.75. The van der Waals surface area contributed by atoms with Gasteiger partial charge in [-0.1, -0.05) is 12.1 Å². The number of pyridine rings is 1. The van der Waals surface area contributed by atoms with Gasteiger partial charge in [-0.05, 0) is 30.7 Å². The van der Waals surface area contributed by atoms with Gasteiger partial charge in [-0.15, -0.1) is 0 Å². The Bertz CT molecular complexity index is 971. The van der Waals surface area contributed by atoms with E-state index in [0.717, 1.165) is 5.39 Å². The molecule has 0 fully saturated rings. The maximum atomic E-state index is 11.8. The second-order valence-electron chi connectivity index (χ2n) is 5.51. The van der Waals surface area contributed by atoms with Gasteiger partial charge >= 0.3 is 5.97 Å². The van der Waals surface area contributed by atoms with Crippen LogP contribution in [0.2, 0.25) is 0 Å². The molecule has 0 saturated heterocycles. The van der Waals surface area contributed by atoms with Gasteiger partial charge in [0.05, 0.1) is 22.6 Å². The number of hydrogen-bond acceptors (Lipinski definition) is 6. The third-order valence-corrected chi connectivity index (χ3v) is 3.69. The first kappa shape index (κ1) is 17.3. The molecule has 0 aliphatic carbocycles. The second kappa shape index (κ2) is 7.60. The molecule has 132 valence electrons. The highest BCUT2D eigenvalue weighted by molar-refractivity contribution is 5.93. The Hall–Kier alpha value is -3.48. The van der Waals surface area contributed by atoms with Crippen molar-refractivity contribution in [2.24, 2.45) is 0 Å². The minimum atomic E-state index is -0.440. The largest absolute Gasteiger partial charge is 0.489 e. The van der Waals surface area contributed by atoms with E-state index in [9.17, 15) is 14.9 Å². The summed E-state index contributed by atoms with van der Waals surface area (Å²) in [4.78, 5) is 26.4. The van der Waals surface area contributed by atoms with E-state index in [1.165, 1.54) is 18.3 Å². The molecule has 0 amide bonds. The molecule has 0 aliphatic heterocycles. The lowest BCUT2D eigenvalue weighted by atomic mass is 10.1. The number of nitro groups is 1. The predicted molar refractivity (Wildman–Crippen MR) is 95.1 cm³/mol. The van der Waals surface area contributed by atoms with E-state index in [2.05, 4.69) is 4.98 Å². The fourth-order valence-electron chi connectivity index (χ4n) is 2.44. The highest BCUT2D eigenvalue weighted by Gasteiger charge is 2.09. The summed E-state index contributed by atoms with van der Waals surface area (Å²) in [5.74, 6) is 0.174. The molecule has 1 heterocycles. The number of esters is 1. The van der Waals surface area contributed by atoms with E-state index in [1.54, 1.807) is 43.3 Å². The molecule has 0 radical (unpaired) electrons. The third-order valence-electron chi connectivity index (χ3n) is 3.69. The summed E-state index contributed by atoms with van der Waals surface area (Å²) in [6.07, 6.45) is 1.46. The van der Waals surface area contributed by atoms with Gasteiger partial charge in [0.1, 0.15) is 12.4 Å². The summed E-state index contributed by atoms with van der Waals surface area (Å²) in [5, 5.41) is 11.6. The standard InChI is InChI=1S/C19H16N2O5/c1-2-25-19(22)15-9-14-6-7-17(10-18(14)20-11-15)26-12-13-4-3-5-16(8-13)21(23)24/h3-11H,2,12H2,1H3. The van der Waals surface area contributed by atoms with Gasteiger partial charge in [0.25, 0.3) is 5.69 Å². The van der Waals surface area contributed by atoms with Crippen LogP contribution in [0.15, 0.2) is 54.7 Å². The van der Waals surface area contributed by atoms with Crippen LogP contribution < -0.4 is 4.74 Å². The number of hydrogen-bond donors (Lipinski definition) is 0. The van der Waals surface area contributed by atoms with Crippen LogP contribution in [0.4, 0.5) is 5.69 Å². The first-order chi connectivity index (χ1) is 12.6. The van der Waals surface area contributed by atoms with E-state index in [4.69, 9.17) is 9.47 Å². The first-order valence-electron chi connectivity index (χ1n) is 8.00. The lowest BCUT2D eigenvalue weighted by Crippen LogP contribution is -2.05. The number of ether oxygens (including phenoxy) is 2. The average Bonchev–Trinajstić information content (AvgIpc) is 2.66. The highest BCUT2D eigenvalue weighted by Crippen LogP contribution is 2.22. The van der Waals surface area contributed by atoms with Crippen LogP contribution in [-0.4, -0.2) is 22.5 Å². The zero-order valence-electron chi connectivity index (χ0n) is 14.0. The molecule has 7 nitrogen and oxygen atoms in total. The maximum Gasteiger partial charge on any atom is 0.339 e. The van der Waals surface area contributed by atoms with E-state index < -0.39 is 10.9 Å². The summed E-state index contributed by atoms with van der Waals surface area (Å²) in [6, 6.07) is 13.3. The van der Waals surface area contributed by atoms with Gasteiger partial charge in [0, 0.05) is 29.8 Å². The highest BCUT2D eigenvalue weighted by atomic mass is 16.6. The Morgan fingerprint density at radius 1 is 1.19 bits per heavy atom. The van der Waals surface area contributed by atoms with Crippen molar-refractivity contribution in [3.05, 3.63) is 76.0 Å². The number of rotatable bonds is 6. The summed E-state index contributed by atoms with van der Waals surface area (Å²) in [7, 11) is 0. The van der Waals surface area contributed by atoms with Crippen LogP contribution >= 0.6 is 0 Å². The molecule has 26 heavy (non-hydrogen) atoms. The van der Waals surface area contributed by atoms with Crippen LogP contribution in [0.25, 0.3) is 10.9 Å². The predicted octanol–water partition coefficient (Wildman–Crippen LogP) is 3.90. The fraction of sp³-hybridized carbons (Fsp3) is 0.158. The molecule has 3 rings (SSSR count). The van der Waals surface area contributed by atoms with Crippen LogP contribution in [0, 0.1) is 10.1 Å². The van der Waals surface area contributed by atoms with E-state index in [-0.39, 0.29) is 12.3 Å². The van der Waals surface area contributed by atoms with Crippen molar-refractivity contribution in [2.75, 3.05) is 6.61 Å². The number of benzene rings is 2. The van der Waals surface area contributed by atoms with E-state index in [0.29, 0.717) is 29.0 Å². The van der Waals surface area contributed by atoms with Crippen LogP contribution in [0.3, 0.4) is 0 Å². The number of nitrogens with zero attached hydrogens (tertiary/aromatic N) is 2. The van der Waals surface area contributed by atoms with Crippen LogP contribution in [-0.2, 0) is 11.3 Å². The molecular weight excluding hydrogens is 336 g/mol. The molecule has 0 saturated carbocycles. The number of fused-ring (bicyclic) bond motifs is 1. The molecule has 7 heteroatoms. The van der Waals surface area contributed by atoms with Crippen LogP contribution in [0.1, 0.15) is 22.8 Å². The van der Waals surface area contributed by atoms with Crippen molar-refractivity contribution in [1.29, 1.82) is 0 Å². The summed E-state index contributed by atoms with van der Waals surface area (Å²) in [5.41, 5.74) is 1.79. The van der Waals surface area contributed by atoms with Gasteiger partial charge in [0.2, 0.25) is 0 Å². The average molecular weight is 352 g/mol. The zero-order valence-corrected chi connectivity index (χ0v) is 14.0. The normalized spacial score (nSPS) is 10.5. The number of nitro benzene ring substituents is 1. The van der Waals surface area contributed by atoms with Crippen molar-refractivity contribution < 1.29 is 19.2 Å². The topological polar surface area (TPSA) is 91.6 Å². The molecule has 0 unspecified atom stereocenters. The number of non-ortho nitro benzene ring substituents is 1. The molecular formula is C19H16N2O5. The van der Waals surface area contributed by atoms with Crippen molar-refractivity contribution in [3.63, 3.8) is 0 Å². The minimum absolute atomic E-state index is 0.0257. The molecule has 2 aromatic carbocycles. The Kier molecular flexibility index (Phi) is 5.07. The fourth-order valence-corrected chi connectivity index (χ4v) is 2.44. The van der Waals surface area contributed by atoms with Gasteiger partial charge in [-0.25, -0.2) is 4.79 Å². The smallest absolute Gasteiger partial charge is 0.339 e. The van der Waals surface area contributed by atoms with E-state index in [1.807, 2.05) is 0 Å². The maximum absolute atomic E-state index is 11.8. The lowest BCUT2D eigenvalue weighted by molar-refractivity contribution is -0.384. The zero-order chi connectivity index (χ0) is 18.5. The molecule has 0 bridgehead atoms.